The molecule has 1 aromatic carbocycles. The molecule has 4 heteroatoms. The largest absolute Gasteiger partial charge is 0.491 e. The number of alkyl halides is 1. The van der Waals surface area contributed by atoms with Crippen LogP contribution in [0.3, 0.4) is 0 Å². The molecule has 0 radical (unpaired) electrons. The van der Waals surface area contributed by atoms with Crippen molar-refractivity contribution in [3.05, 3.63) is 29.8 Å². The first kappa shape index (κ1) is 10.4. The lowest BCUT2D eigenvalue weighted by atomic mass is 10.2. The number of hydrogen-bond acceptors (Lipinski definition) is 3. The first-order valence-electron chi connectivity index (χ1n) is 3.93. The average Bonchev–Trinajstić information content (AvgIpc) is 2.26. The Morgan fingerprint density at radius 2 is 1.93 bits per heavy atom. The van der Waals surface area contributed by atoms with Crippen LogP contribution in [0, 0.1) is 22.7 Å². The maximum atomic E-state index is 8.53. The molecule has 0 aromatic heterocycles. The number of nitriles is 2. The summed E-state index contributed by atoms with van der Waals surface area (Å²) in [6, 6.07) is 10.5. The van der Waals surface area contributed by atoms with Crippen LogP contribution < -0.4 is 4.74 Å². The molecule has 0 spiro atoms. The van der Waals surface area contributed by atoms with Crippen molar-refractivity contribution in [1.29, 1.82) is 10.5 Å². The van der Waals surface area contributed by atoms with Gasteiger partial charge in [-0.05, 0) is 24.3 Å². The van der Waals surface area contributed by atoms with Crippen molar-refractivity contribution in [2.45, 2.75) is 5.38 Å². The van der Waals surface area contributed by atoms with Crippen LogP contribution in [-0.2, 0) is 0 Å². The molecule has 1 unspecified atom stereocenters. The van der Waals surface area contributed by atoms with Crippen molar-refractivity contribution >= 4 is 11.6 Å². The van der Waals surface area contributed by atoms with Gasteiger partial charge in [0.1, 0.15) is 12.4 Å². The maximum Gasteiger partial charge on any atom is 0.154 e. The normalized spacial score (nSPS) is 11.1. The molecule has 0 aliphatic rings. The number of rotatable bonds is 3. The molecule has 0 bridgehead atoms. The number of benzene rings is 1. The van der Waals surface area contributed by atoms with E-state index < -0.39 is 5.38 Å². The quantitative estimate of drug-likeness (QED) is 0.712. The fraction of sp³-hybridized carbons (Fsp3) is 0.200. The molecular formula is C10H7ClN2O. The molecule has 0 N–H and O–H groups in total. The van der Waals surface area contributed by atoms with Crippen LogP contribution in [0.1, 0.15) is 5.56 Å². The van der Waals surface area contributed by atoms with Gasteiger partial charge < -0.3 is 4.74 Å². The molecule has 1 aromatic rings. The van der Waals surface area contributed by atoms with E-state index in [9.17, 15) is 0 Å². The van der Waals surface area contributed by atoms with Gasteiger partial charge in [0.15, 0.2) is 5.38 Å². The summed E-state index contributed by atoms with van der Waals surface area (Å²) in [6.45, 7) is 0.143. The van der Waals surface area contributed by atoms with Gasteiger partial charge in [-0.2, -0.15) is 10.5 Å². The summed E-state index contributed by atoms with van der Waals surface area (Å²) >= 11 is 5.54. The summed E-state index contributed by atoms with van der Waals surface area (Å²) in [5.41, 5.74) is 0.569. The van der Waals surface area contributed by atoms with Crippen LogP contribution in [0.15, 0.2) is 24.3 Å². The SMILES string of the molecule is N#Cc1ccc(OCC(Cl)C#N)cc1. The molecule has 0 aliphatic heterocycles. The van der Waals surface area contributed by atoms with Crippen LogP contribution >= 0.6 is 11.6 Å². The minimum Gasteiger partial charge on any atom is -0.491 e. The molecule has 0 saturated carbocycles. The third kappa shape index (κ3) is 2.97. The first-order chi connectivity index (χ1) is 6.76. The van der Waals surface area contributed by atoms with Crippen molar-refractivity contribution in [2.24, 2.45) is 0 Å². The Hall–Kier alpha value is -1.71. The van der Waals surface area contributed by atoms with Crippen LogP contribution in [0.25, 0.3) is 0 Å². The lowest BCUT2D eigenvalue weighted by Crippen LogP contribution is -2.08. The van der Waals surface area contributed by atoms with Crippen molar-refractivity contribution in [3.8, 4) is 17.9 Å². The third-order valence-electron chi connectivity index (χ3n) is 1.52. The fourth-order valence-electron chi connectivity index (χ4n) is 0.832. The lowest BCUT2D eigenvalue weighted by Gasteiger charge is -2.05. The van der Waals surface area contributed by atoms with Gasteiger partial charge in [-0.25, -0.2) is 0 Å². The standard InChI is InChI=1S/C10H7ClN2O/c11-9(6-13)7-14-10-3-1-8(5-12)2-4-10/h1-4,9H,7H2. The molecule has 3 nitrogen and oxygen atoms in total. The predicted octanol–water partition coefficient (Wildman–Crippen LogP) is 2.07. The highest BCUT2D eigenvalue weighted by Crippen LogP contribution is 2.12. The highest BCUT2D eigenvalue weighted by atomic mass is 35.5. The first-order valence-corrected chi connectivity index (χ1v) is 4.36. The molecule has 1 rings (SSSR count). The summed E-state index contributed by atoms with van der Waals surface area (Å²) < 4.78 is 5.19. The van der Waals surface area contributed by atoms with Gasteiger partial charge >= 0.3 is 0 Å². The topological polar surface area (TPSA) is 56.8 Å². The van der Waals surface area contributed by atoms with E-state index in [1.54, 1.807) is 24.3 Å². The van der Waals surface area contributed by atoms with Gasteiger partial charge in [0.2, 0.25) is 0 Å². The number of nitrogens with zero attached hydrogens (tertiary/aromatic N) is 2. The van der Waals surface area contributed by atoms with E-state index in [0.29, 0.717) is 11.3 Å². The average molecular weight is 207 g/mol. The zero-order valence-corrected chi connectivity index (χ0v) is 8.03. The Morgan fingerprint density at radius 3 is 2.43 bits per heavy atom. The van der Waals surface area contributed by atoms with E-state index >= 15 is 0 Å². The number of halogens is 1. The Balaban J connectivity index is 2.54. The maximum absolute atomic E-state index is 8.53. The monoisotopic (exact) mass is 206 g/mol. The Morgan fingerprint density at radius 1 is 1.29 bits per heavy atom. The smallest absolute Gasteiger partial charge is 0.154 e. The van der Waals surface area contributed by atoms with Gasteiger partial charge in [0.25, 0.3) is 0 Å². The van der Waals surface area contributed by atoms with Gasteiger partial charge in [-0.1, -0.05) is 0 Å². The van der Waals surface area contributed by atoms with Gasteiger partial charge in [0.05, 0.1) is 17.7 Å². The molecule has 0 fully saturated rings. The highest BCUT2D eigenvalue weighted by molar-refractivity contribution is 6.22. The summed E-state index contributed by atoms with van der Waals surface area (Å²) in [6.07, 6.45) is 0. The summed E-state index contributed by atoms with van der Waals surface area (Å²) in [5, 5.41) is 16.3. The number of ether oxygens (including phenoxy) is 1. The predicted molar refractivity (Wildman–Crippen MR) is 51.9 cm³/mol. The molecule has 14 heavy (non-hydrogen) atoms. The Bertz CT molecular complexity index is 375. The second-order valence-corrected chi connectivity index (χ2v) is 3.07. The van der Waals surface area contributed by atoms with Gasteiger partial charge in [0, 0.05) is 0 Å². The van der Waals surface area contributed by atoms with E-state index in [4.69, 9.17) is 26.9 Å². The molecule has 0 amide bonds. The summed E-state index contributed by atoms with van der Waals surface area (Å²) in [7, 11) is 0. The molecule has 1 atom stereocenters. The number of hydrogen-bond donors (Lipinski definition) is 0. The van der Waals surface area contributed by atoms with E-state index in [1.165, 1.54) is 0 Å². The van der Waals surface area contributed by atoms with Crippen molar-refractivity contribution in [2.75, 3.05) is 6.61 Å². The van der Waals surface area contributed by atoms with E-state index in [0.717, 1.165) is 0 Å². The zero-order chi connectivity index (χ0) is 10.4. The second kappa shape index (κ2) is 5.11. The molecule has 0 aliphatic carbocycles. The molecular weight excluding hydrogens is 200 g/mol. The minimum atomic E-state index is -0.648. The highest BCUT2D eigenvalue weighted by Gasteiger charge is 2.02. The van der Waals surface area contributed by atoms with Crippen LogP contribution in [0.5, 0.6) is 5.75 Å². The van der Waals surface area contributed by atoms with Crippen molar-refractivity contribution < 1.29 is 4.74 Å². The van der Waals surface area contributed by atoms with Crippen LogP contribution in [0.4, 0.5) is 0 Å². The summed E-state index contributed by atoms with van der Waals surface area (Å²) in [4.78, 5) is 0. The van der Waals surface area contributed by atoms with Gasteiger partial charge in [-0.3, -0.25) is 0 Å². The third-order valence-corrected chi connectivity index (χ3v) is 1.74. The zero-order valence-electron chi connectivity index (χ0n) is 7.27. The molecule has 0 saturated heterocycles. The minimum absolute atomic E-state index is 0.143. The van der Waals surface area contributed by atoms with Crippen LogP contribution in [-0.4, -0.2) is 12.0 Å². The van der Waals surface area contributed by atoms with Crippen molar-refractivity contribution in [1.82, 2.24) is 0 Å². The molecule has 0 heterocycles. The van der Waals surface area contributed by atoms with E-state index in [2.05, 4.69) is 0 Å². The van der Waals surface area contributed by atoms with Gasteiger partial charge in [-0.15, -0.1) is 11.6 Å². The lowest BCUT2D eigenvalue weighted by molar-refractivity contribution is 0.329. The Kier molecular flexibility index (Phi) is 3.79. The Labute approximate surface area is 87.1 Å². The fourth-order valence-corrected chi connectivity index (χ4v) is 0.895. The second-order valence-electron chi connectivity index (χ2n) is 2.54. The van der Waals surface area contributed by atoms with Crippen LogP contribution in [0.2, 0.25) is 0 Å². The summed E-state index contributed by atoms with van der Waals surface area (Å²) in [5.74, 6) is 0.602. The van der Waals surface area contributed by atoms with Crippen molar-refractivity contribution in [3.63, 3.8) is 0 Å². The van der Waals surface area contributed by atoms with E-state index in [1.807, 2.05) is 12.1 Å². The molecule has 70 valence electrons. The van der Waals surface area contributed by atoms with E-state index in [-0.39, 0.29) is 6.61 Å².